The van der Waals surface area contributed by atoms with Crippen molar-refractivity contribution in [1.29, 1.82) is 0 Å². The highest BCUT2D eigenvalue weighted by Crippen LogP contribution is 2.45. The minimum absolute atomic E-state index is 0.291. The van der Waals surface area contributed by atoms with Gasteiger partial charge >= 0.3 is 0 Å². The topological polar surface area (TPSA) is 25.2 Å². The summed E-state index contributed by atoms with van der Waals surface area (Å²) in [7, 11) is 0. The molecule has 10 bridgehead atoms. The van der Waals surface area contributed by atoms with E-state index in [4.69, 9.17) is 4.42 Å². The van der Waals surface area contributed by atoms with E-state index in [0.717, 1.165) is 39.7 Å². The van der Waals surface area contributed by atoms with Crippen molar-refractivity contribution < 1.29 is 4.42 Å². The summed E-state index contributed by atoms with van der Waals surface area (Å²) >= 11 is 1.86. The van der Waals surface area contributed by atoms with Crippen molar-refractivity contribution in [3.63, 3.8) is 0 Å². The molecule has 4 aliphatic heterocycles. The maximum absolute atomic E-state index is 6.57. The van der Waals surface area contributed by atoms with Gasteiger partial charge in [-0.15, -0.1) is 11.3 Å². The van der Waals surface area contributed by atoms with Gasteiger partial charge in [0.2, 0.25) is 0 Å². The van der Waals surface area contributed by atoms with Crippen molar-refractivity contribution in [2.24, 2.45) is 0 Å². The molecule has 0 saturated heterocycles. The quantitative estimate of drug-likeness (QED) is 0.186. The van der Waals surface area contributed by atoms with Crippen LogP contribution in [0.25, 0.3) is 81.1 Å². The van der Waals surface area contributed by atoms with Gasteiger partial charge in [-0.3, -0.25) is 0 Å². The second-order valence-corrected chi connectivity index (χ2v) is 15.3. The van der Waals surface area contributed by atoms with Crippen LogP contribution in [-0.2, 0) is 0 Å². The molecule has 0 amide bonds. The molecule has 9 aromatic rings. The number of nitrogens with one attached hydrogen (secondary N) is 1. The van der Waals surface area contributed by atoms with Crippen molar-refractivity contribution in [2.75, 3.05) is 5.32 Å². The Labute approximate surface area is 306 Å². The molecule has 0 spiro atoms. The van der Waals surface area contributed by atoms with E-state index >= 15 is 0 Å². The van der Waals surface area contributed by atoms with Crippen LogP contribution in [0.4, 0.5) is 11.4 Å². The minimum atomic E-state index is 0.291. The number of rotatable bonds is 1. The Morgan fingerprint density at radius 1 is 0.577 bits per heavy atom. The molecule has 1 N–H and O–H groups in total. The Morgan fingerprint density at radius 3 is 2.35 bits per heavy atom. The fraction of sp³-hybridized carbons (Fsp3) is 0.0612. The van der Waals surface area contributed by atoms with Crippen LogP contribution in [0.5, 0.6) is 0 Å². The third-order valence-corrected chi connectivity index (χ3v) is 12.3. The number of allylic oxidation sites excluding steroid dienone is 4. The molecule has 2 nitrogen and oxygen atoms in total. The van der Waals surface area contributed by atoms with Crippen LogP contribution in [0.1, 0.15) is 30.4 Å². The van der Waals surface area contributed by atoms with Crippen LogP contribution >= 0.6 is 11.3 Å². The Morgan fingerprint density at radius 2 is 1.38 bits per heavy atom. The lowest BCUT2D eigenvalue weighted by Crippen LogP contribution is -2.04. The van der Waals surface area contributed by atoms with Crippen LogP contribution in [-0.4, -0.2) is 0 Å². The third kappa shape index (κ3) is 4.63. The van der Waals surface area contributed by atoms with E-state index in [9.17, 15) is 0 Å². The van der Waals surface area contributed by atoms with Crippen LogP contribution in [0, 0.1) is 0 Å². The lowest BCUT2D eigenvalue weighted by atomic mass is 9.80. The number of benzene rings is 7. The molecule has 3 heteroatoms. The second kappa shape index (κ2) is 11.4. The summed E-state index contributed by atoms with van der Waals surface area (Å²) < 4.78 is 9.21. The second-order valence-electron chi connectivity index (χ2n) is 14.2. The highest BCUT2D eigenvalue weighted by atomic mass is 32.1. The summed E-state index contributed by atoms with van der Waals surface area (Å²) in [5.74, 6) is 0.291. The average Bonchev–Trinajstić information content (AvgIpc) is 3.76. The largest absolute Gasteiger partial charge is 0.456 e. The van der Waals surface area contributed by atoms with Gasteiger partial charge < -0.3 is 9.73 Å². The van der Waals surface area contributed by atoms with E-state index < -0.39 is 0 Å². The fourth-order valence-electron chi connectivity index (χ4n) is 8.62. The zero-order valence-electron chi connectivity index (χ0n) is 28.6. The van der Waals surface area contributed by atoms with Gasteiger partial charge in [-0.1, -0.05) is 103 Å². The van der Waals surface area contributed by atoms with Crippen molar-refractivity contribution in [3.8, 4) is 33.4 Å². The van der Waals surface area contributed by atoms with Gasteiger partial charge in [0.25, 0.3) is 0 Å². The van der Waals surface area contributed by atoms with E-state index in [0.29, 0.717) is 5.92 Å². The van der Waals surface area contributed by atoms with Crippen LogP contribution in [0.3, 0.4) is 0 Å². The molecule has 52 heavy (non-hydrogen) atoms. The monoisotopic (exact) mass is 683 g/mol. The Kier molecular flexibility index (Phi) is 6.50. The molecular formula is C49H33NOS. The Hall–Kier alpha value is -6.16. The summed E-state index contributed by atoms with van der Waals surface area (Å²) in [5, 5.41) is 8.66. The molecular weight excluding hydrogens is 651 g/mol. The number of thiophene rings is 1. The molecule has 2 aromatic heterocycles. The molecule has 14 rings (SSSR count). The maximum Gasteiger partial charge on any atom is 0.137 e. The Balaban J connectivity index is 1.15. The van der Waals surface area contributed by atoms with E-state index in [1.807, 2.05) is 11.3 Å². The van der Waals surface area contributed by atoms with Gasteiger partial charge in [-0.05, 0) is 124 Å². The van der Waals surface area contributed by atoms with E-state index in [1.165, 1.54) is 75.8 Å². The van der Waals surface area contributed by atoms with Gasteiger partial charge in [-0.2, -0.15) is 0 Å². The van der Waals surface area contributed by atoms with E-state index in [1.54, 1.807) is 0 Å². The van der Waals surface area contributed by atoms with E-state index in [2.05, 4.69) is 170 Å². The number of hydrogen-bond donors (Lipinski definition) is 1. The molecule has 1 atom stereocenters. The lowest BCUT2D eigenvalue weighted by molar-refractivity contribution is 0.669. The van der Waals surface area contributed by atoms with Gasteiger partial charge in [-0.25, -0.2) is 0 Å². The molecule has 1 unspecified atom stereocenters. The first kappa shape index (κ1) is 29.6. The van der Waals surface area contributed by atoms with Crippen molar-refractivity contribution in [3.05, 3.63) is 174 Å². The van der Waals surface area contributed by atoms with Crippen LogP contribution in [0.2, 0.25) is 0 Å². The van der Waals surface area contributed by atoms with Crippen molar-refractivity contribution in [2.45, 2.75) is 19.3 Å². The first-order chi connectivity index (χ1) is 25.6. The lowest BCUT2D eigenvalue weighted by Gasteiger charge is -2.24. The van der Waals surface area contributed by atoms with Crippen LogP contribution in [0.15, 0.2) is 168 Å². The summed E-state index contributed by atoms with van der Waals surface area (Å²) in [6, 6.07) is 53.5. The van der Waals surface area contributed by atoms with Gasteiger partial charge in [0.15, 0.2) is 0 Å². The van der Waals surface area contributed by atoms with Gasteiger partial charge in [0.05, 0.1) is 11.1 Å². The molecule has 246 valence electrons. The summed E-state index contributed by atoms with van der Waals surface area (Å²) in [6.07, 6.45) is 5.73. The maximum atomic E-state index is 6.57. The normalized spacial score (nSPS) is 15.1. The zero-order chi connectivity index (χ0) is 34.3. The first-order valence-corrected chi connectivity index (χ1v) is 18.8. The fourth-order valence-corrected chi connectivity index (χ4v) is 9.70. The zero-order valence-corrected chi connectivity index (χ0v) is 29.4. The highest BCUT2D eigenvalue weighted by molar-refractivity contribution is 7.25. The molecule has 1 aliphatic carbocycles. The third-order valence-electron chi connectivity index (χ3n) is 11.1. The molecule has 0 radical (unpaired) electrons. The molecule has 6 heterocycles. The predicted octanol–water partition coefficient (Wildman–Crippen LogP) is 14.5. The van der Waals surface area contributed by atoms with Crippen molar-refractivity contribution in [1.82, 2.24) is 0 Å². The smallest absolute Gasteiger partial charge is 0.137 e. The summed E-state index contributed by atoms with van der Waals surface area (Å²) in [6.45, 7) is 2.30. The predicted molar refractivity (Wildman–Crippen MR) is 222 cm³/mol. The van der Waals surface area contributed by atoms with E-state index in [-0.39, 0.29) is 0 Å². The molecule has 0 saturated carbocycles. The molecule has 5 aliphatic rings. The Bertz CT molecular complexity index is 2990. The van der Waals surface area contributed by atoms with Gasteiger partial charge in [0, 0.05) is 37.2 Å². The summed E-state index contributed by atoms with van der Waals surface area (Å²) in [5.41, 5.74) is 16.4. The number of hydrogen-bond acceptors (Lipinski definition) is 3. The van der Waals surface area contributed by atoms with Crippen LogP contribution < -0.4 is 5.32 Å². The minimum Gasteiger partial charge on any atom is -0.456 e. The summed E-state index contributed by atoms with van der Waals surface area (Å²) in [4.78, 5) is 0. The number of furan rings is 1. The molecule has 7 aromatic carbocycles. The first-order valence-electron chi connectivity index (χ1n) is 18.0. The standard InChI is InChI=1S/C49H33NOS/c1-29-24-32-16-20-36(29)30-8-6-9-31(25-30)42-28-35(19-22-39(42)33-18-23-48-43(26-33)40-12-4-5-15-47(40)52-48)50-44-13-7-14-45-49(44)41-21-17-34(27-46(41)51-45)38-11-3-2-10-37(32)38/h2-23,25-28,32,50H,24H2,1H3. The highest BCUT2D eigenvalue weighted by Gasteiger charge is 2.22. The number of anilines is 2. The van der Waals surface area contributed by atoms with Crippen molar-refractivity contribution >= 4 is 70.4 Å². The SMILES string of the molecule is CC1=C2C=CC(C1)c1ccccc1-c1ccc3c(c1)oc1cccc(c13)Nc1ccc(-c3ccc4sc5ccccc5c4c3)c(c1)-c1cccc2c1. The van der Waals surface area contributed by atoms with Gasteiger partial charge in [0.1, 0.15) is 11.2 Å². The number of fused-ring (bicyclic) bond motifs is 3. The molecule has 0 fully saturated rings. The average molecular weight is 684 g/mol.